The molecule has 0 aliphatic carbocycles. The predicted molar refractivity (Wildman–Crippen MR) is 74.4 cm³/mol. The fraction of sp³-hybridized carbons (Fsp3) is 0.846. The van der Waals surface area contributed by atoms with Gasteiger partial charge in [0.2, 0.25) is 5.91 Å². The second-order valence-corrected chi connectivity index (χ2v) is 5.78. The molecule has 1 unspecified atom stereocenters. The third-order valence-corrected chi connectivity index (χ3v) is 4.14. The topological polar surface area (TPSA) is 90.1 Å². The highest BCUT2D eigenvalue weighted by Crippen LogP contribution is 2.18. The average Bonchev–Trinajstić information content (AvgIpc) is 2.39. The molecule has 2 aliphatic heterocycles. The van der Waals surface area contributed by atoms with Crippen LogP contribution in [0.5, 0.6) is 0 Å². The molecule has 0 aromatic carbocycles. The lowest BCUT2D eigenvalue weighted by atomic mass is 9.97. The molecule has 2 fully saturated rings. The Kier molecular flexibility index (Phi) is 5.19. The first-order chi connectivity index (χ1) is 9.54. The van der Waals surface area contributed by atoms with Gasteiger partial charge in [0.1, 0.15) is 0 Å². The van der Waals surface area contributed by atoms with Crippen LogP contribution < -0.4 is 5.73 Å². The molecule has 0 aromatic heterocycles. The van der Waals surface area contributed by atoms with Crippen molar-refractivity contribution in [1.82, 2.24) is 14.7 Å². The van der Waals surface area contributed by atoms with Gasteiger partial charge in [0.15, 0.2) is 0 Å². The van der Waals surface area contributed by atoms with Gasteiger partial charge in [-0.25, -0.2) is 4.79 Å². The van der Waals surface area contributed by atoms with E-state index in [1.807, 2.05) is 0 Å². The number of rotatable bonds is 4. The van der Waals surface area contributed by atoms with Crippen molar-refractivity contribution < 1.29 is 14.7 Å². The van der Waals surface area contributed by atoms with E-state index in [0.717, 1.165) is 39.1 Å². The van der Waals surface area contributed by atoms with Crippen molar-refractivity contribution in [3.8, 4) is 0 Å². The summed E-state index contributed by atoms with van der Waals surface area (Å²) in [6, 6.07) is 0. The number of carboxylic acid groups (broad SMARTS) is 1. The van der Waals surface area contributed by atoms with Gasteiger partial charge in [-0.15, -0.1) is 0 Å². The zero-order valence-electron chi connectivity index (χ0n) is 11.8. The average molecular weight is 284 g/mol. The minimum Gasteiger partial charge on any atom is -0.465 e. The molecule has 7 heteroatoms. The number of primary amides is 1. The van der Waals surface area contributed by atoms with E-state index < -0.39 is 6.09 Å². The lowest BCUT2D eigenvalue weighted by Gasteiger charge is -2.38. The first-order valence-electron chi connectivity index (χ1n) is 7.25. The van der Waals surface area contributed by atoms with Gasteiger partial charge in [0, 0.05) is 39.3 Å². The van der Waals surface area contributed by atoms with Crippen molar-refractivity contribution in [2.75, 3.05) is 52.4 Å². The van der Waals surface area contributed by atoms with Gasteiger partial charge in [-0.1, -0.05) is 0 Å². The Morgan fingerprint density at radius 3 is 2.40 bits per heavy atom. The second-order valence-electron chi connectivity index (χ2n) is 5.78. The molecule has 2 rings (SSSR count). The Morgan fingerprint density at radius 1 is 1.10 bits per heavy atom. The van der Waals surface area contributed by atoms with Crippen LogP contribution in [0.2, 0.25) is 0 Å². The Bertz CT molecular complexity index is 356. The number of nitrogens with zero attached hydrogens (tertiary/aromatic N) is 3. The highest BCUT2D eigenvalue weighted by molar-refractivity contribution is 5.75. The van der Waals surface area contributed by atoms with Gasteiger partial charge in [0.25, 0.3) is 0 Å². The summed E-state index contributed by atoms with van der Waals surface area (Å²) in [6.07, 6.45) is 1.46. The fourth-order valence-corrected chi connectivity index (χ4v) is 3.15. The lowest BCUT2D eigenvalue weighted by molar-refractivity contribution is -0.119. The number of piperidine rings is 1. The number of hydrogen-bond donors (Lipinski definition) is 2. The molecule has 7 nitrogen and oxygen atoms in total. The molecule has 0 saturated carbocycles. The van der Waals surface area contributed by atoms with Crippen LogP contribution in [-0.2, 0) is 4.79 Å². The maximum Gasteiger partial charge on any atom is 0.407 e. The Balaban J connectivity index is 1.73. The normalized spacial score (nSPS) is 25.6. The molecule has 2 heterocycles. The van der Waals surface area contributed by atoms with Gasteiger partial charge in [-0.3, -0.25) is 14.6 Å². The van der Waals surface area contributed by atoms with E-state index in [1.165, 1.54) is 11.3 Å². The number of nitrogens with two attached hydrogens (primary N) is 1. The van der Waals surface area contributed by atoms with Gasteiger partial charge in [0.05, 0.1) is 6.54 Å². The van der Waals surface area contributed by atoms with Crippen molar-refractivity contribution in [1.29, 1.82) is 0 Å². The molecule has 114 valence electrons. The smallest absolute Gasteiger partial charge is 0.407 e. The zero-order valence-corrected chi connectivity index (χ0v) is 11.8. The van der Waals surface area contributed by atoms with E-state index >= 15 is 0 Å². The van der Waals surface area contributed by atoms with Crippen LogP contribution in [0.3, 0.4) is 0 Å². The van der Waals surface area contributed by atoms with Crippen molar-refractivity contribution in [2.24, 2.45) is 11.7 Å². The van der Waals surface area contributed by atoms with Gasteiger partial charge < -0.3 is 15.7 Å². The first kappa shape index (κ1) is 15.1. The molecule has 2 aliphatic rings. The Labute approximate surface area is 119 Å². The fourth-order valence-electron chi connectivity index (χ4n) is 3.15. The molecule has 0 spiro atoms. The van der Waals surface area contributed by atoms with Gasteiger partial charge >= 0.3 is 6.09 Å². The van der Waals surface area contributed by atoms with E-state index in [0.29, 0.717) is 25.6 Å². The quantitative estimate of drug-likeness (QED) is 0.725. The summed E-state index contributed by atoms with van der Waals surface area (Å²) < 4.78 is 0. The summed E-state index contributed by atoms with van der Waals surface area (Å²) >= 11 is 0. The molecule has 0 bridgehead atoms. The van der Waals surface area contributed by atoms with Crippen LogP contribution in [-0.4, -0.2) is 84.2 Å². The summed E-state index contributed by atoms with van der Waals surface area (Å²) in [4.78, 5) is 27.8. The van der Waals surface area contributed by atoms with Gasteiger partial charge in [-0.05, 0) is 25.3 Å². The maximum absolute atomic E-state index is 11.0. The zero-order chi connectivity index (χ0) is 14.5. The molecule has 3 N–H and O–H groups in total. The van der Waals surface area contributed by atoms with Crippen molar-refractivity contribution in [2.45, 2.75) is 12.8 Å². The highest BCUT2D eigenvalue weighted by Gasteiger charge is 2.25. The molecule has 0 radical (unpaired) electrons. The van der Waals surface area contributed by atoms with Crippen LogP contribution in [0.15, 0.2) is 0 Å². The van der Waals surface area contributed by atoms with E-state index in [9.17, 15) is 9.59 Å². The summed E-state index contributed by atoms with van der Waals surface area (Å²) in [7, 11) is 0. The Hall–Kier alpha value is -1.34. The summed E-state index contributed by atoms with van der Waals surface area (Å²) in [5, 5.41) is 8.92. The molecular weight excluding hydrogens is 260 g/mol. The second kappa shape index (κ2) is 6.90. The minimum absolute atomic E-state index is 0.263. The molecular formula is C13H24N4O3. The number of carbonyl (C=O) groups excluding carboxylic acids is 1. The number of carbonyl (C=O) groups is 2. The SMILES string of the molecule is NC(=O)CN1CCCC(CN2CCN(C(=O)O)CC2)C1. The van der Waals surface area contributed by atoms with Crippen LogP contribution in [0.1, 0.15) is 12.8 Å². The van der Waals surface area contributed by atoms with Crippen LogP contribution in [0.25, 0.3) is 0 Å². The van der Waals surface area contributed by atoms with Gasteiger partial charge in [-0.2, -0.15) is 0 Å². The molecule has 2 amide bonds. The van der Waals surface area contributed by atoms with E-state index in [-0.39, 0.29) is 5.91 Å². The maximum atomic E-state index is 11.0. The molecule has 1 atom stereocenters. The van der Waals surface area contributed by atoms with E-state index in [2.05, 4.69) is 9.80 Å². The monoisotopic (exact) mass is 284 g/mol. The van der Waals surface area contributed by atoms with E-state index in [4.69, 9.17) is 10.8 Å². The molecule has 2 saturated heterocycles. The summed E-state index contributed by atoms with van der Waals surface area (Å²) in [5.41, 5.74) is 5.24. The molecule has 0 aromatic rings. The number of amides is 2. The van der Waals surface area contributed by atoms with Crippen LogP contribution >= 0.6 is 0 Å². The first-order valence-corrected chi connectivity index (χ1v) is 7.25. The summed E-state index contributed by atoms with van der Waals surface area (Å²) in [6.45, 7) is 6.00. The number of piperazine rings is 1. The highest BCUT2D eigenvalue weighted by atomic mass is 16.4. The largest absolute Gasteiger partial charge is 0.465 e. The third kappa shape index (κ3) is 4.35. The Morgan fingerprint density at radius 2 is 1.80 bits per heavy atom. The van der Waals surface area contributed by atoms with Crippen LogP contribution in [0, 0.1) is 5.92 Å². The van der Waals surface area contributed by atoms with Crippen LogP contribution in [0.4, 0.5) is 4.79 Å². The third-order valence-electron chi connectivity index (χ3n) is 4.14. The lowest BCUT2D eigenvalue weighted by Crippen LogP contribution is -2.51. The van der Waals surface area contributed by atoms with Crippen molar-refractivity contribution in [3.05, 3.63) is 0 Å². The standard InChI is InChI=1S/C13H24N4O3/c14-12(18)10-16-3-1-2-11(9-16)8-15-4-6-17(7-5-15)13(19)20/h11H,1-10H2,(H2,14,18)(H,19,20). The summed E-state index contributed by atoms with van der Waals surface area (Å²) in [5.74, 6) is 0.292. The molecule has 20 heavy (non-hydrogen) atoms. The number of likely N-dealkylation sites (tertiary alicyclic amines) is 1. The van der Waals surface area contributed by atoms with Crippen molar-refractivity contribution in [3.63, 3.8) is 0 Å². The van der Waals surface area contributed by atoms with E-state index in [1.54, 1.807) is 0 Å². The predicted octanol–water partition coefficient (Wildman–Crippen LogP) is -0.521. The number of hydrogen-bond acceptors (Lipinski definition) is 4. The van der Waals surface area contributed by atoms with Crippen molar-refractivity contribution >= 4 is 12.0 Å². The minimum atomic E-state index is -0.824.